The number of ketones is 1. The molecule has 1 saturated heterocycles. The molecule has 1 amide bonds. The number of rotatable bonds is 3. The topological polar surface area (TPSA) is 41.8 Å². The van der Waals surface area contributed by atoms with Crippen molar-refractivity contribution in [3.05, 3.63) is 28.8 Å². The van der Waals surface area contributed by atoms with Crippen LogP contribution in [0.4, 0.5) is 5.69 Å². The minimum absolute atomic E-state index is 0.416. The standard InChI is InChI=1S/C16H19ClN2O2/c1-2-12-5-3-4-8-18(12)10-19-14-7-6-11(17)9-13(14)15(20)16(19)21/h6-7,9,12H,2-5,8,10H2,1H3/p+1/t12-/m1/s1. The molecule has 0 bridgehead atoms. The van der Waals surface area contributed by atoms with E-state index in [4.69, 9.17) is 11.6 Å². The molecule has 0 aromatic heterocycles. The molecule has 1 N–H and O–H groups in total. The molecule has 2 atom stereocenters. The third kappa shape index (κ3) is 2.58. The van der Waals surface area contributed by atoms with Gasteiger partial charge in [-0.2, -0.15) is 0 Å². The van der Waals surface area contributed by atoms with Gasteiger partial charge in [0, 0.05) is 5.02 Å². The van der Waals surface area contributed by atoms with Crippen LogP contribution in [0.3, 0.4) is 0 Å². The van der Waals surface area contributed by atoms with Gasteiger partial charge in [0.1, 0.15) is 0 Å². The van der Waals surface area contributed by atoms with Crippen molar-refractivity contribution in [1.82, 2.24) is 0 Å². The number of carbonyl (C=O) groups is 2. The van der Waals surface area contributed by atoms with Crippen LogP contribution in [0.25, 0.3) is 0 Å². The van der Waals surface area contributed by atoms with Crippen molar-refractivity contribution in [3.63, 3.8) is 0 Å². The SMILES string of the molecule is CC[C@@H]1CCCC[NH+]1CN1C(=O)C(=O)c2cc(Cl)ccc21. The Kier molecular flexibility index (Phi) is 4.00. The fourth-order valence-electron chi connectivity index (χ4n) is 3.48. The second-order valence-electron chi connectivity index (χ2n) is 5.89. The van der Waals surface area contributed by atoms with Crippen molar-refractivity contribution in [3.8, 4) is 0 Å². The molecule has 1 aromatic rings. The number of nitrogens with zero attached hydrogens (tertiary/aromatic N) is 1. The Morgan fingerprint density at radius 3 is 2.90 bits per heavy atom. The van der Waals surface area contributed by atoms with Crippen molar-refractivity contribution in [2.75, 3.05) is 18.1 Å². The number of hydrogen-bond donors (Lipinski definition) is 1. The largest absolute Gasteiger partial charge is 0.315 e. The molecule has 1 aromatic carbocycles. The van der Waals surface area contributed by atoms with E-state index in [1.54, 1.807) is 23.1 Å². The molecule has 1 unspecified atom stereocenters. The van der Waals surface area contributed by atoms with E-state index in [0.29, 0.717) is 29.0 Å². The highest BCUT2D eigenvalue weighted by Crippen LogP contribution is 2.30. The number of hydrogen-bond acceptors (Lipinski definition) is 2. The number of piperidine rings is 1. The molecular weight excluding hydrogens is 288 g/mol. The average molecular weight is 308 g/mol. The Morgan fingerprint density at radius 2 is 2.14 bits per heavy atom. The van der Waals surface area contributed by atoms with Gasteiger partial charge in [0.25, 0.3) is 5.78 Å². The Bertz CT molecular complexity index is 588. The quantitative estimate of drug-likeness (QED) is 0.863. The lowest BCUT2D eigenvalue weighted by atomic mass is 10.0. The highest BCUT2D eigenvalue weighted by Gasteiger charge is 2.39. The summed E-state index contributed by atoms with van der Waals surface area (Å²) >= 11 is 5.93. The Labute approximate surface area is 129 Å². The van der Waals surface area contributed by atoms with Crippen molar-refractivity contribution in [2.45, 2.75) is 38.6 Å². The number of nitrogens with one attached hydrogen (secondary N) is 1. The molecule has 2 aliphatic heterocycles. The summed E-state index contributed by atoms with van der Waals surface area (Å²) in [4.78, 5) is 27.4. The van der Waals surface area contributed by atoms with Gasteiger partial charge in [-0.15, -0.1) is 0 Å². The van der Waals surface area contributed by atoms with Crippen molar-refractivity contribution in [2.24, 2.45) is 0 Å². The van der Waals surface area contributed by atoms with Gasteiger partial charge in [-0.25, -0.2) is 0 Å². The lowest BCUT2D eigenvalue weighted by Gasteiger charge is -2.34. The molecule has 2 aliphatic rings. The molecule has 0 aliphatic carbocycles. The number of anilines is 1. The van der Waals surface area contributed by atoms with Crippen LogP contribution in [-0.2, 0) is 4.79 Å². The van der Waals surface area contributed by atoms with E-state index >= 15 is 0 Å². The normalized spacial score (nSPS) is 25.3. The summed E-state index contributed by atoms with van der Waals surface area (Å²) in [7, 11) is 0. The molecule has 0 spiro atoms. The third-order valence-electron chi connectivity index (χ3n) is 4.67. The van der Waals surface area contributed by atoms with Gasteiger partial charge in [-0.1, -0.05) is 18.5 Å². The summed E-state index contributed by atoms with van der Waals surface area (Å²) in [6.45, 7) is 3.85. The van der Waals surface area contributed by atoms with E-state index in [9.17, 15) is 9.59 Å². The first kappa shape index (κ1) is 14.5. The molecule has 4 nitrogen and oxygen atoms in total. The number of likely N-dealkylation sites (tertiary alicyclic amines) is 1. The predicted molar refractivity (Wildman–Crippen MR) is 81.9 cm³/mol. The van der Waals surface area contributed by atoms with Crippen LogP contribution in [0.15, 0.2) is 18.2 Å². The molecule has 0 radical (unpaired) electrons. The van der Waals surface area contributed by atoms with E-state index in [2.05, 4.69) is 6.92 Å². The van der Waals surface area contributed by atoms with Crippen LogP contribution in [0.5, 0.6) is 0 Å². The monoisotopic (exact) mass is 307 g/mol. The summed E-state index contributed by atoms with van der Waals surface area (Å²) < 4.78 is 0. The van der Waals surface area contributed by atoms with Crippen molar-refractivity contribution < 1.29 is 14.5 Å². The molecule has 0 saturated carbocycles. The van der Waals surface area contributed by atoms with Crippen LogP contribution >= 0.6 is 11.6 Å². The fraction of sp³-hybridized carbons (Fsp3) is 0.500. The van der Waals surface area contributed by atoms with Crippen LogP contribution in [0.2, 0.25) is 5.02 Å². The molecule has 1 fully saturated rings. The molecule has 112 valence electrons. The van der Waals surface area contributed by atoms with Crippen LogP contribution < -0.4 is 9.80 Å². The lowest BCUT2D eigenvalue weighted by Crippen LogP contribution is -3.18. The first-order valence-corrected chi connectivity index (χ1v) is 8.00. The van der Waals surface area contributed by atoms with Gasteiger partial charge in [0.2, 0.25) is 0 Å². The summed E-state index contributed by atoms with van der Waals surface area (Å²) in [5.41, 5.74) is 1.15. The molecule has 3 rings (SSSR count). The summed E-state index contributed by atoms with van der Waals surface area (Å²) in [5.74, 6) is -0.850. The van der Waals surface area contributed by atoms with Crippen molar-refractivity contribution >= 4 is 29.0 Å². The average Bonchev–Trinajstić information content (AvgIpc) is 2.73. The maximum atomic E-state index is 12.3. The lowest BCUT2D eigenvalue weighted by molar-refractivity contribution is -0.929. The van der Waals surface area contributed by atoms with Crippen LogP contribution in [-0.4, -0.2) is 30.9 Å². The first-order chi connectivity index (χ1) is 10.1. The molecule has 5 heteroatoms. The fourth-order valence-corrected chi connectivity index (χ4v) is 3.66. The van der Waals surface area contributed by atoms with E-state index in [1.165, 1.54) is 24.2 Å². The highest BCUT2D eigenvalue weighted by atomic mass is 35.5. The minimum Gasteiger partial charge on any atom is -0.315 e. The zero-order chi connectivity index (χ0) is 15.0. The Hall–Kier alpha value is -1.39. The first-order valence-electron chi connectivity index (χ1n) is 7.62. The third-order valence-corrected chi connectivity index (χ3v) is 4.90. The smallest absolute Gasteiger partial charge is 0.303 e. The van der Waals surface area contributed by atoms with E-state index < -0.39 is 11.7 Å². The summed E-state index contributed by atoms with van der Waals surface area (Å²) in [6.07, 6.45) is 4.77. The van der Waals surface area contributed by atoms with Gasteiger partial charge in [0.05, 0.1) is 23.8 Å². The van der Waals surface area contributed by atoms with E-state index in [0.717, 1.165) is 13.0 Å². The van der Waals surface area contributed by atoms with Gasteiger partial charge in [0.15, 0.2) is 6.67 Å². The van der Waals surface area contributed by atoms with Crippen LogP contribution in [0, 0.1) is 0 Å². The second kappa shape index (κ2) is 5.78. The maximum absolute atomic E-state index is 12.3. The zero-order valence-electron chi connectivity index (χ0n) is 12.2. The number of halogens is 1. The number of amides is 1. The number of benzene rings is 1. The molecule has 21 heavy (non-hydrogen) atoms. The van der Waals surface area contributed by atoms with E-state index in [-0.39, 0.29) is 0 Å². The number of Topliss-reactive ketones (excluding diaryl/α,β-unsaturated/α-hetero) is 1. The highest BCUT2D eigenvalue weighted by molar-refractivity contribution is 6.52. The molecule has 2 heterocycles. The van der Waals surface area contributed by atoms with Crippen molar-refractivity contribution in [1.29, 1.82) is 0 Å². The van der Waals surface area contributed by atoms with Gasteiger partial charge >= 0.3 is 5.91 Å². The number of fused-ring (bicyclic) bond motifs is 1. The predicted octanol–water partition coefficient (Wildman–Crippen LogP) is 1.67. The Morgan fingerprint density at radius 1 is 1.33 bits per heavy atom. The van der Waals surface area contributed by atoms with Crippen LogP contribution in [0.1, 0.15) is 43.0 Å². The summed E-state index contributed by atoms with van der Waals surface area (Å²) in [5, 5.41) is 0.494. The maximum Gasteiger partial charge on any atom is 0.303 e. The van der Waals surface area contributed by atoms with E-state index in [1.807, 2.05) is 0 Å². The number of carbonyl (C=O) groups excluding carboxylic acids is 2. The number of quaternary nitrogens is 1. The molecular formula is C16H20ClN2O2+. The second-order valence-corrected chi connectivity index (χ2v) is 6.33. The Balaban J connectivity index is 1.86. The van der Waals surface area contributed by atoms with Gasteiger partial charge < -0.3 is 4.90 Å². The van der Waals surface area contributed by atoms with Gasteiger partial charge in [-0.3, -0.25) is 14.5 Å². The minimum atomic E-state index is -0.433. The summed E-state index contributed by atoms with van der Waals surface area (Å²) in [6, 6.07) is 5.70. The van der Waals surface area contributed by atoms with Gasteiger partial charge in [-0.05, 0) is 43.9 Å². The zero-order valence-corrected chi connectivity index (χ0v) is 12.9.